The molecule has 8 N–H and O–H groups in total. The van der Waals surface area contributed by atoms with E-state index < -0.39 is 41.6 Å². The number of hydrogen-bond donors (Lipinski definition) is 2. The average molecular weight is 476 g/mol. The minimum atomic E-state index is -5.31. The molecule has 23 heteroatoms. The van der Waals surface area contributed by atoms with Crippen LogP contribution >= 0.6 is 0 Å². The molecule has 0 heterocycles. The molecule has 18 nitrogen and oxygen atoms in total. The molecule has 0 radical (unpaired) electrons. The van der Waals surface area contributed by atoms with Gasteiger partial charge < -0.3 is 30.5 Å². The van der Waals surface area contributed by atoms with E-state index in [4.69, 9.17) is 0 Å². The van der Waals surface area contributed by atoms with Crippen LogP contribution in [0, 0.1) is 0 Å². The smallest absolute Gasteiger partial charge is 0.724 e. The Hall–Kier alpha value is -0.0805. The molecule has 0 bridgehead atoms. The zero-order chi connectivity index (χ0) is 16.8. The van der Waals surface area contributed by atoms with Crippen LogP contribution in [0.4, 0.5) is 0 Å². The third-order valence-electron chi connectivity index (χ3n) is 0.389. The molecule has 0 aliphatic rings. The zero-order valence-electron chi connectivity index (χ0n) is 10.5. The summed E-state index contributed by atoms with van der Waals surface area (Å²) in [5.41, 5.74) is 0. The van der Waals surface area contributed by atoms with E-state index in [-0.39, 0.29) is 29.4 Å². The van der Waals surface area contributed by atoms with Crippen LogP contribution in [0.1, 0.15) is 0 Å². The molecule has 0 aromatic heterocycles. The maximum atomic E-state index is 9.37. The van der Waals surface area contributed by atoms with Gasteiger partial charge in [0.1, 0.15) is 0 Å². The fourth-order valence-electron chi connectivity index (χ4n) is 0.136. The van der Waals surface area contributed by atoms with Crippen molar-refractivity contribution >= 4 is 41.6 Å². The largest absolute Gasteiger partial charge is 2.00 e. The summed E-state index contributed by atoms with van der Waals surface area (Å²) in [4.78, 5) is 0. The Balaban J connectivity index is -0.0000000831. The minimum absolute atomic E-state index is 0. The fraction of sp³-hybridized carbons (Fsp3) is 0. The number of hydrogen-bond acceptors (Lipinski definition) is 16. The monoisotopic (exact) mass is 476 g/mol. The van der Waals surface area contributed by atoms with Crippen LogP contribution in [0.5, 0.6) is 0 Å². The Kier molecular flexibility index (Phi) is 18.3. The van der Waals surface area contributed by atoms with E-state index in [9.17, 15) is 51.9 Å². The molecular formula is H8FeN2O16S4. The molecule has 0 fully saturated rings. The third-order valence-corrected chi connectivity index (χ3v) is 1.50. The van der Waals surface area contributed by atoms with Gasteiger partial charge in [-0.05, 0) is 0 Å². The van der Waals surface area contributed by atoms with Crippen LogP contribution in [0.25, 0.3) is 0 Å². The molecule has 0 atom stereocenters. The van der Waals surface area contributed by atoms with Crippen molar-refractivity contribution < 1.29 is 86.3 Å². The van der Waals surface area contributed by atoms with Gasteiger partial charge in [0.15, 0.2) is 0 Å². The van der Waals surface area contributed by atoms with Crippen LogP contribution in [0.3, 0.4) is 0 Å². The molecule has 146 valence electrons. The maximum Gasteiger partial charge on any atom is 2.00 e. The van der Waals surface area contributed by atoms with Gasteiger partial charge in [-0.1, -0.05) is 0 Å². The maximum absolute atomic E-state index is 9.37. The van der Waals surface area contributed by atoms with E-state index >= 15 is 0 Å². The van der Waals surface area contributed by atoms with E-state index in [2.05, 4.69) is 17.3 Å². The van der Waals surface area contributed by atoms with Crippen LogP contribution in [0.15, 0.2) is 0 Å². The molecular weight excluding hydrogens is 468 g/mol. The Morgan fingerprint density at radius 2 is 0.522 bits per heavy atom. The van der Waals surface area contributed by atoms with Crippen molar-refractivity contribution in [3.63, 3.8) is 0 Å². The summed E-state index contributed by atoms with van der Waals surface area (Å²) in [7, 11) is -21.2. The molecule has 0 amide bonds. The fourth-order valence-corrected chi connectivity index (χ4v) is 1.22. The average Bonchev–Trinajstić information content (AvgIpc) is 2.09. The van der Waals surface area contributed by atoms with Gasteiger partial charge >= 0.3 is 17.1 Å². The first-order valence-electron chi connectivity index (χ1n) is 3.00. The van der Waals surface area contributed by atoms with Gasteiger partial charge in [0.05, 0.1) is 0 Å². The minimum Gasteiger partial charge on any atom is -0.724 e. The quantitative estimate of drug-likeness (QED) is 0.123. The van der Waals surface area contributed by atoms with E-state index in [0.717, 1.165) is 0 Å². The van der Waals surface area contributed by atoms with Gasteiger partial charge in [-0.15, -0.1) is 17.3 Å². The Morgan fingerprint density at radius 1 is 0.435 bits per heavy atom. The Bertz CT molecular complexity index is 566. The first-order chi connectivity index (χ1) is 8.41. The van der Waals surface area contributed by atoms with Gasteiger partial charge in [0.25, 0.3) is 0 Å². The molecule has 0 unspecified atom stereocenters. The van der Waals surface area contributed by atoms with E-state index in [1.165, 1.54) is 0 Å². The first kappa shape index (κ1) is 34.3. The zero-order valence-corrected chi connectivity index (χ0v) is 14.9. The summed E-state index contributed by atoms with van der Waals surface area (Å²) in [5.74, 6) is 0. The topological polar surface area (TPSA) is 339 Å². The number of rotatable bonds is 6. The number of quaternary nitrogens is 2. The summed E-state index contributed by atoms with van der Waals surface area (Å²) < 4.78 is 123. The SMILES string of the molecule is O=S(=O)([O-])OOS(=O)(=O)[O-].O=S(=O)([O-])OOS(=O)(=O)[O-].[Fe+2].[NH4+].[NH4+]. The molecule has 0 aliphatic heterocycles. The Morgan fingerprint density at radius 3 is 0.565 bits per heavy atom. The second kappa shape index (κ2) is 12.3. The van der Waals surface area contributed by atoms with Gasteiger partial charge in [0, 0.05) is 0 Å². The van der Waals surface area contributed by atoms with Gasteiger partial charge in [-0.3, -0.25) is 0 Å². The third kappa shape index (κ3) is 44.9. The second-order valence-electron chi connectivity index (χ2n) is 1.91. The summed E-state index contributed by atoms with van der Waals surface area (Å²) in [6.45, 7) is 0. The Labute approximate surface area is 140 Å². The molecule has 0 aromatic carbocycles. The van der Waals surface area contributed by atoms with E-state index in [0.29, 0.717) is 0 Å². The van der Waals surface area contributed by atoms with Crippen molar-refractivity contribution in [2.24, 2.45) is 0 Å². The molecule has 0 aliphatic carbocycles. The summed E-state index contributed by atoms with van der Waals surface area (Å²) in [6, 6.07) is 0. The van der Waals surface area contributed by atoms with E-state index in [1.54, 1.807) is 0 Å². The summed E-state index contributed by atoms with van der Waals surface area (Å²) >= 11 is 0. The molecule has 0 aromatic rings. The standard InChI is InChI=1S/Fe.2H3N.2H2O8S2/c;;;2*1-9(2,3)7-8-10(4,5)6/h;2*1H3;2*(H,1,2,3)(H,4,5,6)/q+2;;;;/p-2. The van der Waals surface area contributed by atoms with Crippen molar-refractivity contribution in [1.29, 1.82) is 0 Å². The molecule has 0 spiro atoms. The molecule has 23 heavy (non-hydrogen) atoms. The summed E-state index contributed by atoms with van der Waals surface area (Å²) in [6.07, 6.45) is 0. The van der Waals surface area contributed by atoms with Crippen molar-refractivity contribution in [3.8, 4) is 0 Å². The van der Waals surface area contributed by atoms with E-state index in [1.807, 2.05) is 0 Å². The van der Waals surface area contributed by atoms with Crippen molar-refractivity contribution in [2.75, 3.05) is 0 Å². The van der Waals surface area contributed by atoms with Crippen molar-refractivity contribution in [3.05, 3.63) is 0 Å². The van der Waals surface area contributed by atoms with Crippen LogP contribution < -0.4 is 12.3 Å². The second-order valence-corrected chi connectivity index (χ2v) is 5.72. The summed E-state index contributed by atoms with van der Waals surface area (Å²) in [5, 5.41) is 0. The van der Waals surface area contributed by atoms with Gasteiger partial charge in [-0.2, -0.15) is 0 Å². The van der Waals surface area contributed by atoms with Crippen LogP contribution in [-0.2, 0) is 76.0 Å². The predicted octanol–water partition coefficient (Wildman–Crippen LogP) is -3.54. The van der Waals surface area contributed by atoms with Crippen molar-refractivity contribution in [1.82, 2.24) is 12.3 Å². The van der Waals surface area contributed by atoms with Crippen molar-refractivity contribution in [2.45, 2.75) is 0 Å². The van der Waals surface area contributed by atoms with Crippen LogP contribution in [0.2, 0.25) is 0 Å². The first-order valence-corrected chi connectivity index (χ1v) is 8.33. The van der Waals surface area contributed by atoms with Gasteiger partial charge in [-0.25, -0.2) is 33.7 Å². The molecule has 0 saturated carbocycles. The normalized spacial score (nSPS) is 11.7. The molecule has 0 rings (SSSR count). The predicted molar refractivity (Wildman–Crippen MR) is 55.1 cm³/mol. The van der Waals surface area contributed by atoms with Crippen LogP contribution in [-0.4, -0.2) is 51.9 Å². The van der Waals surface area contributed by atoms with Gasteiger partial charge in [0.2, 0.25) is 41.6 Å². The molecule has 0 saturated heterocycles.